The number of nitrogens with two attached hydrogens (primary N) is 1. The number of carboxylic acids is 1. The van der Waals surface area contributed by atoms with Crippen LogP contribution >= 0.6 is 0 Å². The minimum atomic E-state index is -1.00. The number of para-hydroxylation sites is 1. The molecular formula is C14H16N2O3. The van der Waals surface area contributed by atoms with E-state index in [9.17, 15) is 9.90 Å². The fraction of sp³-hybridized carbons (Fsp3) is 0.357. The van der Waals surface area contributed by atoms with Crippen molar-refractivity contribution in [3.63, 3.8) is 0 Å². The van der Waals surface area contributed by atoms with E-state index in [0.29, 0.717) is 0 Å². The van der Waals surface area contributed by atoms with Gasteiger partial charge in [-0.2, -0.15) is 0 Å². The molecule has 0 bridgehead atoms. The lowest BCUT2D eigenvalue weighted by molar-refractivity contribution is -0.184. The lowest BCUT2D eigenvalue weighted by atomic mass is 9.75. The van der Waals surface area contributed by atoms with Crippen LogP contribution in [-0.2, 0) is 9.53 Å². The fourth-order valence-corrected chi connectivity index (χ4v) is 2.73. The van der Waals surface area contributed by atoms with Crippen molar-refractivity contribution in [1.29, 1.82) is 0 Å². The number of aliphatic carboxylic acids is 1. The number of hydrogen-bond donors (Lipinski definition) is 3. The van der Waals surface area contributed by atoms with E-state index in [0.717, 1.165) is 22.2 Å². The third-order valence-electron chi connectivity index (χ3n) is 3.99. The van der Waals surface area contributed by atoms with Gasteiger partial charge in [0.1, 0.15) is 5.41 Å². The topological polar surface area (TPSA) is 88.3 Å². The van der Waals surface area contributed by atoms with E-state index in [1.54, 1.807) is 0 Å². The first-order valence-corrected chi connectivity index (χ1v) is 6.20. The van der Waals surface area contributed by atoms with Gasteiger partial charge in [-0.3, -0.25) is 4.79 Å². The smallest absolute Gasteiger partial charge is 0.316 e. The quantitative estimate of drug-likeness (QED) is 0.781. The number of aryl methyl sites for hydroxylation is 1. The molecule has 1 saturated heterocycles. The second-order valence-corrected chi connectivity index (χ2v) is 5.14. The fourth-order valence-electron chi connectivity index (χ4n) is 2.73. The molecule has 0 radical (unpaired) electrons. The normalized spacial score (nSPS) is 19.1. The first-order chi connectivity index (χ1) is 9.06. The molecule has 1 unspecified atom stereocenters. The van der Waals surface area contributed by atoms with Crippen molar-refractivity contribution in [3.05, 3.63) is 35.5 Å². The van der Waals surface area contributed by atoms with E-state index in [2.05, 4.69) is 4.98 Å². The van der Waals surface area contributed by atoms with Crippen LogP contribution in [0, 0.1) is 12.3 Å². The second kappa shape index (κ2) is 4.08. The van der Waals surface area contributed by atoms with Gasteiger partial charge in [0.15, 0.2) is 0 Å². The van der Waals surface area contributed by atoms with Crippen molar-refractivity contribution >= 4 is 16.9 Å². The summed E-state index contributed by atoms with van der Waals surface area (Å²) < 4.78 is 5.10. The van der Waals surface area contributed by atoms with Gasteiger partial charge in [-0.25, -0.2) is 0 Å². The number of benzene rings is 1. The Morgan fingerprint density at radius 1 is 1.47 bits per heavy atom. The zero-order valence-corrected chi connectivity index (χ0v) is 10.6. The molecule has 1 aliphatic rings. The highest BCUT2D eigenvalue weighted by Gasteiger charge is 2.52. The van der Waals surface area contributed by atoms with Gasteiger partial charge in [0, 0.05) is 16.6 Å². The molecule has 1 fully saturated rings. The summed E-state index contributed by atoms with van der Waals surface area (Å²) in [6.45, 7) is 2.26. The predicted octanol–water partition coefficient (Wildman–Crippen LogP) is 1.58. The monoisotopic (exact) mass is 260 g/mol. The Morgan fingerprint density at radius 3 is 2.74 bits per heavy atom. The van der Waals surface area contributed by atoms with Gasteiger partial charge in [0.05, 0.1) is 19.3 Å². The summed E-state index contributed by atoms with van der Waals surface area (Å²) >= 11 is 0. The summed E-state index contributed by atoms with van der Waals surface area (Å²) in [5, 5.41) is 10.4. The molecule has 1 atom stereocenters. The molecule has 5 heteroatoms. The maximum absolute atomic E-state index is 11.5. The van der Waals surface area contributed by atoms with E-state index >= 15 is 0 Å². The molecule has 1 aromatic carbocycles. The number of carbonyl (C=O) groups is 1. The Labute approximate surface area is 110 Å². The molecule has 1 aromatic heterocycles. The SMILES string of the molecule is Cc1[nH]c2ccccc2c1C(N)C1(C(=O)O)COC1. The highest BCUT2D eigenvalue weighted by molar-refractivity contribution is 5.87. The average Bonchev–Trinajstić information content (AvgIpc) is 2.62. The lowest BCUT2D eigenvalue weighted by Crippen LogP contribution is -2.55. The number of hydrogen-bond acceptors (Lipinski definition) is 3. The highest BCUT2D eigenvalue weighted by atomic mass is 16.5. The standard InChI is InChI=1S/C14H16N2O3/c1-8-11(9-4-2-3-5-10(9)16-8)12(15)14(13(17)18)6-19-7-14/h2-5,12,16H,6-7,15H2,1H3,(H,17,18). The summed E-state index contributed by atoms with van der Waals surface area (Å²) in [5.41, 5.74) is 8.03. The van der Waals surface area contributed by atoms with Gasteiger partial charge >= 0.3 is 5.97 Å². The number of aromatic amines is 1. The summed E-state index contributed by atoms with van der Waals surface area (Å²) in [4.78, 5) is 14.8. The molecule has 2 aromatic rings. The Bertz CT molecular complexity index is 643. The van der Waals surface area contributed by atoms with Crippen LogP contribution in [-0.4, -0.2) is 29.3 Å². The largest absolute Gasteiger partial charge is 0.481 e. The third kappa shape index (κ3) is 1.59. The minimum absolute atomic E-state index is 0.169. The predicted molar refractivity (Wildman–Crippen MR) is 70.9 cm³/mol. The molecule has 100 valence electrons. The molecular weight excluding hydrogens is 244 g/mol. The molecule has 5 nitrogen and oxygen atoms in total. The molecule has 2 heterocycles. The number of fused-ring (bicyclic) bond motifs is 1. The van der Waals surface area contributed by atoms with Gasteiger partial charge in [0.25, 0.3) is 0 Å². The summed E-state index contributed by atoms with van der Waals surface area (Å²) in [6, 6.07) is 7.21. The van der Waals surface area contributed by atoms with Crippen LogP contribution in [0.3, 0.4) is 0 Å². The van der Waals surface area contributed by atoms with Gasteiger partial charge in [0.2, 0.25) is 0 Å². The molecule has 4 N–H and O–H groups in total. The number of rotatable bonds is 3. The van der Waals surface area contributed by atoms with Crippen LogP contribution < -0.4 is 5.73 Å². The van der Waals surface area contributed by atoms with Crippen molar-refractivity contribution in [2.45, 2.75) is 13.0 Å². The second-order valence-electron chi connectivity index (χ2n) is 5.14. The van der Waals surface area contributed by atoms with Crippen molar-refractivity contribution in [3.8, 4) is 0 Å². The highest BCUT2D eigenvalue weighted by Crippen LogP contribution is 2.42. The number of nitrogens with one attached hydrogen (secondary N) is 1. The zero-order valence-electron chi connectivity index (χ0n) is 10.6. The van der Waals surface area contributed by atoms with Crippen LogP contribution in [0.2, 0.25) is 0 Å². The number of ether oxygens (including phenoxy) is 1. The van der Waals surface area contributed by atoms with Crippen molar-refractivity contribution in [2.75, 3.05) is 13.2 Å². The van der Waals surface area contributed by atoms with Crippen LogP contribution in [0.4, 0.5) is 0 Å². The van der Waals surface area contributed by atoms with Crippen LogP contribution in [0.25, 0.3) is 10.9 Å². The Morgan fingerprint density at radius 2 is 2.16 bits per heavy atom. The van der Waals surface area contributed by atoms with Crippen LogP contribution in [0.5, 0.6) is 0 Å². The molecule has 0 amide bonds. The zero-order chi connectivity index (χ0) is 13.6. The molecule has 3 rings (SSSR count). The Kier molecular flexibility index (Phi) is 2.62. The van der Waals surface area contributed by atoms with Gasteiger partial charge < -0.3 is 20.6 Å². The maximum atomic E-state index is 11.5. The molecule has 19 heavy (non-hydrogen) atoms. The van der Waals surface area contributed by atoms with Gasteiger partial charge in [-0.05, 0) is 18.6 Å². The Hall–Kier alpha value is -1.85. The summed E-state index contributed by atoms with van der Waals surface area (Å²) in [7, 11) is 0. The number of H-pyrrole nitrogens is 1. The number of aromatic nitrogens is 1. The molecule has 0 spiro atoms. The van der Waals surface area contributed by atoms with E-state index in [4.69, 9.17) is 10.5 Å². The van der Waals surface area contributed by atoms with E-state index in [1.165, 1.54) is 0 Å². The molecule has 1 aliphatic heterocycles. The molecule has 0 aliphatic carbocycles. The first-order valence-electron chi connectivity index (χ1n) is 6.20. The van der Waals surface area contributed by atoms with Crippen molar-refractivity contribution < 1.29 is 14.6 Å². The van der Waals surface area contributed by atoms with Gasteiger partial charge in [-0.1, -0.05) is 18.2 Å². The lowest BCUT2D eigenvalue weighted by Gasteiger charge is -2.42. The Balaban J connectivity index is 2.14. The first kappa shape index (κ1) is 12.2. The average molecular weight is 260 g/mol. The van der Waals surface area contributed by atoms with Crippen molar-refractivity contribution in [2.24, 2.45) is 11.1 Å². The van der Waals surface area contributed by atoms with E-state index in [-0.39, 0.29) is 13.2 Å². The van der Waals surface area contributed by atoms with Crippen LogP contribution in [0.1, 0.15) is 17.3 Å². The third-order valence-corrected chi connectivity index (χ3v) is 3.99. The minimum Gasteiger partial charge on any atom is -0.481 e. The number of carboxylic acid groups (broad SMARTS) is 1. The summed E-state index contributed by atoms with van der Waals surface area (Å²) in [6.07, 6.45) is 0. The summed E-state index contributed by atoms with van der Waals surface area (Å²) in [5.74, 6) is -0.893. The van der Waals surface area contributed by atoms with E-state index in [1.807, 2.05) is 31.2 Å². The van der Waals surface area contributed by atoms with Crippen LogP contribution in [0.15, 0.2) is 24.3 Å². The van der Waals surface area contributed by atoms with E-state index < -0.39 is 17.4 Å². The molecule has 0 saturated carbocycles. The maximum Gasteiger partial charge on any atom is 0.316 e. The van der Waals surface area contributed by atoms with Gasteiger partial charge in [-0.15, -0.1) is 0 Å². The van der Waals surface area contributed by atoms with Crippen molar-refractivity contribution in [1.82, 2.24) is 4.98 Å².